The third-order valence-corrected chi connectivity index (χ3v) is 6.48. The lowest BCUT2D eigenvalue weighted by Gasteiger charge is -2.36. The lowest BCUT2D eigenvalue weighted by molar-refractivity contribution is 0.188. The molecule has 0 spiro atoms. The van der Waals surface area contributed by atoms with E-state index in [1.54, 1.807) is 25.7 Å². The fraction of sp³-hybridized carbons (Fsp3) is 1.00. The zero-order valence-electron chi connectivity index (χ0n) is 11.0. The maximum absolute atomic E-state index is 4.06. The van der Waals surface area contributed by atoms with Crippen molar-refractivity contribution in [3.63, 3.8) is 0 Å². The summed E-state index contributed by atoms with van der Waals surface area (Å²) in [4.78, 5) is 0. The Hall–Kier alpha value is -0.0400. The fourth-order valence-electron chi connectivity index (χ4n) is 5.83. The number of nitrogens with one attached hydrogen (secondary N) is 1. The Morgan fingerprint density at radius 1 is 0.647 bits per heavy atom. The first-order valence-electron chi connectivity index (χ1n) is 8.18. The number of rotatable bonds is 2. The summed E-state index contributed by atoms with van der Waals surface area (Å²) in [6.45, 7) is 0. The van der Waals surface area contributed by atoms with Crippen molar-refractivity contribution < 1.29 is 0 Å². The number of hydrogen-bond donors (Lipinski definition) is 1. The summed E-state index contributed by atoms with van der Waals surface area (Å²) in [7, 11) is 0. The highest BCUT2D eigenvalue weighted by Gasteiger charge is 2.53. The Morgan fingerprint density at radius 3 is 2.35 bits per heavy atom. The molecule has 4 fully saturated rings. The van der Waals surface area contributed by atoms with Crippen molar-refractivity contribution in [2.45, 2.75) is 76.3 Å². The van der Waals surface area contributed by atoms with Crippen molar-refractivity contribution >= 4 is 0 Å². The second-order valence-electron chi connectivity index (χ2n) is 7.26. The van der Waals surface area contributed by atoms with Crippen LogP contribution in [0.1, 0.15) is 64.2 Å². The summed E-state index contributed by atoms with van der Waals surface area (Å²) in [6.07, 6.45) is 15.1. The topological polar surface area (TPSA) is 12.0 Å². The zero-order valence-corrected chi connectivity index (χ0v) is 11.0. The van der Waals surface area contributed by atoms with Crippen LogP contribution >= 0.6 is 0 Å². The third kappa shape index (κ3) is 1.77. The van der Waals surface area contributed by atoms with Gasteiger partial charge in [0.2, 0.25) is 0 Å². The van der Waals surface area contributed by atoms with Crippen molar-refractivity contribution in [3.8, 4) is 0 Å². The second kappa shape index (κ2) is 4.26. The van der Waals surface area contributed by atoms with Crippen LogP contribution < -0.4 is 5.32 Å². The molecule has 4 saturated carbocycles. The van der Waals surface area contributed by atoms with Crippen LogP contribution in [0.2, 0.25) is 0 Å². The standard InChI is InChI=1S/C16H27N/c1-2-5-12(6-3-1)17-16-10-11-9-15(16)14-8-4-7-13(11)14/h11-17H,1-10H2. The first-order chi connectivity index (χ1) is 8.42. The molecule has 0 aliphatic heterocycles. The highest BCUT2D eigenvalue weighted by molar-refractivity contribution is 5.06. The van der Waals surface area contributed by atoms with Gasteiger partial charge in [-0.05, 0) is 62.2 Å². The number of hydrogen-bond acceptors (Lipinski definition) is 1. The summed E-state index contributed by atoms with van der Waals surface area (Å²) in [6, 6.07) is 1.80. The largest absolute Gasteiger partial charge is 0.311 e. The Labute approximate surface area is 106 Å². The van der Waals surface area contributed by atoms with E-state index in [1.807, 2.05) is 0 Å². The van der Waals surface area contributed by atoms with Gasteiger partial charge in [-0.3, -0.25) is 0 Å². The van der Waals surface area contributed by atoms with Crippen LogP contribution in [0.3, 0.4) is 0 Å². The van der Waals surface area contributed by atoms with Crippen LogP contribution in [-0.2, 0) is 0 Å². The minimum absolute atomic E-state index is 0.882. The molecule has 17 heavy (non-hydrogen) atoms. The van der Waals surface area contributed by atoms with E-state index in [-0.39, 0.29) is 0 Å². The van der Waals surface area contributed by atoms with Crippen LogP contribution in [0.5, 0.6) is 0 Å². The van der Waals surface area contributed by atoms with Crippen LogP contribution in [0.4, 0.5) is 0 Å². The molecule has 0 aromatic rings. The van der Waals surface area contributed by atoms with Crippen LogP contribution in [0, 0.1) is 23.7 Å². The molecule has 0 aromatic heterocycles. The zero-order chi connectivity index (χ0) is 11.2. The molecule has 0 heterocycles. The van der Waals surface area contributed by atoms with Gasteiger partial charge in [0.15, 0.2) is 0 Å². The average molecular weight is 233 g/mol. The smallest absolute Gasteiger partial charge is 0.0103 e. The van der Waals surface area contributed by atoms with Gasteiger partial charge in [-0.25, -0.2) is 0 Å². The lowest BCUT2D eigenvalue weighted by Crippen LogP contribution is -2.45. The highest BCUT2D eigenvalue weighted by Crippen LogP contribution is 2.58. The highest BCUT2D eigenvalue weighted by atomic mass is 15.0. The predicted molar refractivity (Wildman–Crippen MR) is 70.8 cm³/mol. The fourth-order valence-corrected chi connectivity index (χ4v) is 5.83. The molecule has 1 heteroatoms. The molecule has 0 radical (unpaired) electrons. The Morgan fingerprint density at radius 2 is 1.47 bits per heavy atom. The minimum atomic E-state index is 0.882. The summed E-state index contributed by atoms with van der Waals surface area (Å²) < 4.78 is 0. The van der Waals surface area contributed by atoms with Gasteiger partial charge in [-0.2, -0.15) is 0 Å². The van der Waals surface area contributed by atoms with Crippen LogP contribution in [-0.4, -0.2) is 12.1 Å². The maximum atomic E-state index is 4.06. The predicted octanol–water partition coefficient (Wildman–Crippen LogP) is 3.73. The van der Waals surface area contributed by atoms with E-state index in [0.29, 0.717) is 0 Å². The summed E-state index contributed by atoms with van der Waals surface area (Å²) in [5.41, 5.74) is 0. The van der Waals surface area contributed by atoms with Crippen molar-refractivity contribution in [2.75, 3.05) is 0 Å². The van der Waals surface area contributed by atoms with Gasteiger partial charge in [0.05, 0.1) is 0 Å². The van der Waals surface area contributed by atoms with Gasteiger partial charge >= 0.3 is 0 Å². The van der Waals surface area contributed by atoms with Gasteiger partial charge in [-0.1, -0.05) is 25.7 Å². The molecule has 4 rings (SSSR count). The SMILES string of the molecule is C1CCC(NC2CC3CC2C2CCCC32)CC1. The van der Waals surface area contributed by atoms with Gasteiger partial charge in [-0.15, -0.1) is 0 Å². The summed E-state index contributed by atoms with van der Waals surface area (Å²) >= 11 is 0. The molecule has 4 aliphatic rings. The quantitative estimate of drug-likeness (QED) is 0.766. The second-order valence-corrected chi connectivity index (χ2v) is 7.26. The van der Waals surface area contributed by atoms with Gasteiger partial charge in [0.25, 0.3) is 0 Å². The van der Waals surface area contributed by atoms with Gasteiger partial charge in [0.1, 0.15) is 0 Å². The van der Waals surface area contributed by atoms with Gasteiger partial charge < -0.3 is 5.32 Å². The molecule has 0 saturated heterocycles. The van der Waals surface area contributed by atoms with E-state index < -0.39 is 0 Å². The van der Waals surface area contributed by atoms with Crippen molar-refractivity contribution in [1.29, 1.82) is 0 Å². The van der Waals surface area contributed by atoms with Crippen molar-refractivity contribution in [1.82, 2.24) is 5.32 Å². The summed E-state index contributed by atoms with van der Waals surface area (Å²) in [5, 5.41) is 4.06. The molecule has 96 valence electrons. The molecule has 5 unspecified atom stereocenters. The molecule has 0 aromatic carbocycles. The third-order valence-electron chi connectivity index (χ3n) is 6.48. The average Bonchev–Trinajstić information content (AvgIpc) is 3.01. The molecular weight excluding hydrogens is 206 g/mol. The van der Waals surface area contributed by atoms with Crippen LogP contribution in [0.15, 0.2) is 0 Å². The maximum Gasteiger partial charge on any atom is 0.0103 e. The van der Waals surface area contributed by atoms with Crippen molar-refractivity contribution in [3.05, 3.63) is 0 Å². The molecule has 2 bridgehead atoms. The first-order valence-corrected chi connectivity index (χ1v) is 8.18. The molecule has 1 N–H and O–H groups in total. The Kier molecular flexibility index (Phi) is 2.72. The Balaban J connectivity index is 1.40. The monoisotopic (exact) mass is 233 g/mol. The van der Waals surface area contributed by atoms with E-state index in [0.717, 1.165) is 35.8 Å². The first kappa shape index (κ1) is 10.8. The molecule has 5 atom stereocenters. The van der Waals surface area contributed by atoms with E-state index in [2.05, 4.69) is 5.32 Å². The van der Waals surface area contributed by atoms with Crippen LogP contribution in [0.25, 0.3) is 0 Å². The van der Waals surface area contributed by atoms with E-state index in [1.165, 1.54) is 38.5 Å². The molecule has 4 aliphatic carbocycles. The molecule has 1 nitrogen and oxygen atoms in total. The Bertz CT molecular complexity index is 281. The normalized spacial score (nSPS) is 49.8. The lowest BCUT2D eigenvalue weighted by atomic mass is 9.78. The van der Waals surface area contributed by atoms with Crippen molar-refractivity contribution in [2.24, 2.45) is 23.7 Å². The minimum Gasteiger partial charge on any atom is -0.311 e. The summed E-state index contributed by atoms with van der Waals surface area (Å²) in [5.74, 6) is 4.49. The van der Waals surface area contributed by atoms with E-state index in [4.69, 9.17) is 0 Å². The van der Waals surface area contributed by atoms with E-state index >= 15 is 0 Å². The molecule has 0 amide bonds. The molecular formula is C16H27N. The van der Waals surface area contributed by atoms with Gasteiger partial charge in [0, 0.05) is 12.1 Å². The number of fused-ring (bicyclic) bond motifs is 5. The van der Waals surface area contributed by atoms with E-state index in [9.17, 15) is 0 Å².